The predicted octanol–water partition coefficient (Wildman–Crippen LogP) is 2.65. The number of amides is 1. The van der Waals surface area contributed by atoms with Crippen molar-refractivity contribution in [3.05, 3.63) is 33.8 Å². The van der Waals surface area contributed by atoms with E-state index in [1.54, 1.807) is 18.2 Å². The van der Waals surface area contributed by atoms with Gasteiger partial charge in [0.25, 0.3) is 0 Å². The molecule has 0 heterocycles. The zero-order chi connectivity index (χ0) is 12.1. The number of nitrogens with one attached hydrogen (secondary N) is 1. The van der Waals surface area contributed by atoms with Crippen LogP contribution in [0.25, 0.3) is 0 Å². The average molecular weight is 263 g/mol. The molecule has 0 spiro atoms. The molecule has 0 bridgehead atoms. The molecular weight excluding hydrogens is 251 g/mol. The van der Waals surface area contributed by atoms with Crippen molar-refractivity contribution in [2.75, 3.05) is 6.54 Å². The van der Waals surface area contributed by atoms with E-state index in [1.807, 2.05) is 0 Å². The summed E-state index contributed by atoms with van der Waals surface area (Å²) in [6.45, 7) is 0.277. The number of nitrogens with two attached hydrogens (primary N) is 1. The Hall–Kier alpha value is -0.970. The summed E-state index contributed by atoms with van der Waals surface area (Å²) >= 11 is 11.8. The molecule has 0 saturated heterocycles. The number of carboxylic acid groups (broad SMARTS) is 1. The van der Waals surface area contributed by atoms with Crippen LogP contribution < -0.4 is 11.1 Å². The van der Waals surface area contributed by atoms with E-state index in [1.165, 1.54) is 0 Å². The van der Waals surface area contributed by atoms with Crippen molar-refractivity contribution in [3.63, 3.8) is 0 Å². The lowest BCUT2D eigenvalue weighted by atomic mass is 10.0. The minimum atomic E-state index is -1.07. The second kappa shape index (κ2) is 5.94. The summed E-state index contributed by atoms with van der Waals surface area (Å²) in [5.41, 5.74) is 6.60. The molecule has 0 radical (unpaired) electrons. The van der Waals surface area contributed by atoms with Crippen LogP contribution in [0.3, 0.4) is 0 Å². The van der Waals surface area contributed by atoms with Crippen LogP contribution in [0.15, 0.2) is 18.2 Å². The van der Waals surface area contributed by atoms with Gasteiger partial charge in [0, 0.05) is 12.6 Å². The van der Waals surface area contributed by atoms with Crippen molar-refractivity contribution in [3.8, 4) is 0 Å². The first kappa shape index (κ1) is 13.1. The summed E-state index contributed by atoms with van der Waals surface area (Å²) in [5.74, 6) is 0. The standard InChI is InChI=1S/C10H12Cl2N2O2/c11-7-3-1-2-6(9(7)12)8(13)4-5-14-10(15)16/h1-3,8,14H,4-5,13H2,(H,15,16). The zero-order valence-electron chi connectivity index (χ0n) is 8.41. The molecular formula is C10H12Cl2N2O2. The molecule has 1 unspecified atom stereocenters. The molecule has 0 aliphatic rings. The zero-order valence-corrected chi connectivity index (χ0v) is 9.92. The van der Waals surface area contributed by atoms with Gasteiger partial charge in [0.15, 0.2) is 0 Å². The molecule has 4 nitrogen and oxygen atoms in total. The van der Waals surface area contributed by atoms with Gasteiger partial charge in [-0.25, -0.2) is 4.79 Å². The maximum Gasteiger partial charge on any atom is 0.404 e. The maximum atomic E-state index is 10.2. The number of benzene rings is 1. The second-order valence-corrected chi connectivity index (χ2v) is 4.06. The highest BCUT2D eigenvalue weighted by molar-refractivity contribution is 6.42. The van der Waals surface area contributed by atoms with E-state index in [0.717, 1.165) is 5.56 Å². The Morgan fingerprint density at radius 2 is 2.19 bits per heavy atom. The molecule has 0 aromatic heterocycles. The predicted molar refractivity (Wildman–Crippen MR) is 64.0 cm³/mol. The third-order valence-electron chi connectivity index (χ3n) is 2.11. The van der Waals surface area contributed by atoms with Crippen molar-refractivity contribution in [1.29, 1.82) is 0 Å². The minimum Gasteiger partial charge on any atom is -0.465 e. The molecule has 0 aliphatic carbocycles. The maximum absolute atomic E-state index is 10.2. The Morgan fingerprint density at radius 1 is 1.50 bits per heavy atom. The van der Waals surface area contributed by atoms with Gasteiger partial charge < -0.3 is 16.2 Å². The van der Waals surface area contributed by atoms with Gasteiger partial charge in [-0.15, -0.1) is 0 Å². The lowest BCUT2D eigenvalue weighted by molar-refractivity contribution is 0.194. The first-order chi connectivity index (χ1) is 7.52. The van der Waals surface area contributed by atoms with Gasteiger partial charge in [0.05, 0.1) is 10.0 Å². The lowest BCUT2D eigenvalue weighted by Crippen LogP contribution is -2.25. The summed E-state index contributed by atoms with van der Waals surface area (Å²) in [6, 6.07) is 4.88. The fourth-order valence-electron chi connectivity index (χ4n) is 1.30. The van der Waals surface area contributed by atoms with E-state index >= 15 is 0 Å². The van der Waals surface area contributed by atoms with E-state index in [2.05, 4.69) is 5.32 Å². The molecule has 0 saturated carbocycles. The minimum absolute atomic E-state index is 0.277. The fourth-order valence-corrected chi connectivity index (χ4v) is 1.74. The monoisotopic (exact) mass is 262 g/mol. The van der Waals surface area contributed by atoms with Crippen LogP contribution in [0.1, 0.15) is 18.0 Å². The summed E-state index contributed by atoms with van der Waals surface area (Å²) < 4.78 is 0. The summed E-state index contributed by atoms with van der Waals surface area (Å²) in [5, 5.41) is 11.5. The van der Waals surface area contributed by atoms with Crippen molar-refractivity contribution < 1.29 is 9.90 Å². The van der Waals surface area contributed by atoms with Gasteiger partial charge in [-0.05, 0) is 18.1 Å². The highest BCUT2D eigenvalue weighted by Crippen LogP contribution is 2.29. The second-order valence-electron chi connectivity index (χ2n) is 3.27. The fraction of sp³-hybridized carbons (Fsp3) is 0.300. The molecule has 1 rings (SSSR count). The third kappa shape index (κ3) is 3.56. The quantitative estimate of drug-likeness (QED) is 0.781. The summed E-state index contributed by atoms with van der Waals surface area (Å²) in [7, 11) is 0. The first-order valence-electron chi connectivity index (χ1n) is 4.68. The third-order valence-corrected chi connectivity index (χ3v) is 2.95. The van der Waals surface area contributed by atoms with Crippen LogP contribution in [0, 0.1) is 0 Å². The first-order valence-corrected chi connectivity index (χ1v) is 5.44. The topological polar surface area (TPSA) is 75.3 Å². The molecule has 0 aliphatic heterocycles. The van der Waals surface area contributed by atoms with E-state index in [9.17, 15) is 4.79 Å². The van der Waals surface area contributed by atoms with Crippen molar-refractivity contribution >= 4 is 29.3 Å². The van der Waals surface area contributed by atoms with Crippen LogP contribution in [0.2, 0.25) is 10.0 Å². The van der Waals surface area contributed by atoms with Crippen molar-refractivity contribution in [1.82, 2.24) is 5.32 Å². The molecule has 1 atom stereocenters. The molecule has 1 aromatic carbocycles. The molecule has 0 fully saturated rings. The van der Waals surface area contributed by atoms with Crippen LogP contribution in [0.5, 0.6) is 0 Å². The Bertz CT molecular complexity index is 385. The lowest BCUT2D eigenvalue weighted by Gasteiger charge is -2.14. The van der Waals surface area contributed by atoms with Crippen molar-refractivity contribution in [2.45, 2.75) is 12.5 Å². The van der Waals surface area contributed by atoms with Crippen LogP contribution in [-0.4, -0.2) is 17.7 Å². The Morgan fingerprint density at radius 3 is 2.81 bits per heavy atom. The molecule has 88 valence electrons. The normalized spacial score (nSPS) is 12.2. The summed E-state index contributed by atoms with van der Waals surface area (Å²) in [4.78, 5) is 10.2. The van der Waals surface area contributed by atoms with Crippen molar-refractivity contribution in [2.24, 2.45) is 5.73 Å². The summed E-state index contributed by atoms with van der Waals surface area (Å²) in [6.07, 6.45) is -0.601. The number of halogens is 2. The highest BCUT2D eigenvalue weighted by Gasteiger charge is 2.12. The van der Waals surface area contributed by atoms with Crippen LogP contribution in [-0.2, 0) is 0 Å². The largest absolute Gasteiger partial charge is 0.465 e. The van der Waals surface area contributed by atoms with E-state index < -0.39 is 6.09 Å². The molecule has 6 heteroatoms. The van der Waals surface area contributed by atoms with Gasteiger partial charge in [-0.3, -0.25) is 0 Å². The number of carbonyl (C=O) groups is 1. The van der Waals surface area contributed by atoms with Gasteiger partial charge in [-0.1, -0.05) is 35.3 Å². The Labute approximate surface area is 103 Å². The smallest absolute Gasteiger partial charge is 0.404 e. The van der Waals surface area contributed by atoms with Gasteiger partial charge >= 0.3 is 6.09 Å². The highest BCUT2D eigenvalue weighted by atomic mass is 35.5. The molecule has 16 heavy (non-hydrogen) atoms. The number of hydrogen-bond acceptors (Lipinski definition) is 2. The molecule has 1 aromatic rings. The molecule has 1 amide bonds. The number of rotatable bonds is 4. The number of hydrogen-bond donors (Lipinski definition) is 3. The van der Waals surface area contributed by atoms with E-state index in [4.69, 9.17) is 34.0 Å². The van der Waals surface area contributed by atoms with Gasteiger partial charge in [0.2, 0.25) is 0 Å². The van der Waals surface area contributed by atoms with Gasteiger partial charge in [-0.2, -0.15) is 0 Å². The Kier molecular flexibility index (Phi) is 4.86. The van der Waals surface area contributed by atoms with Crippen LogP contribution in [0.4, 0.5) is 4.79 Å². The van der Waals surface area contributed by atoms with E-state index in [-0.39, 0.29) is 12.6 Å². The average Bonchev–Trinajstić information content (AvgIpc) is 2.21. The van der Waals surface area contributed by atoms with E-state index in [0.29, 0.717) is 16.5 Å². The SMILES string of the molecule is NC(CCNC(=O)O)c1cccc(Cl)c1Cl. The Balaban J connectivity index is 2.62. The molecule has 4 N–H and O–H groups in total. The van der Waals surface area contributed by atoms with Crippen LogP contribution >= 0.6 is 23.2 Å². The van der Waals surface area contributed by atoms with Gasteiger partial charge in [0.1, 0.15) is 0 Å².